The van der Waals surface area contributed by atoms with E-state index in [2.05, 4.69) is 16.8 Å². The van der Waals surface area contributed by atoms with Gasteiger partial charge >= 0.3 is 0 Å². The third-order valence-electron chi connectivity index (χ3n) is 5.73. The van der Waals surface area contributed by atoms with Crippen molar-refractivity contribution in [3.8, 4) is 11.3 Å². The quantitative estimate of drug-likeness (QED) is 0.688. The van der Waals surface area contributed by atoms with Crippen molar-refractivity contribution in [2.45, 2.75) is 38.4 Å². The average Bonchev–Trinajstić information content (AvgIpc) is 3.01. The van der Waals surface area contributed by atoms with Crippen molar-refractivity contribution >= 4 is 10.9 Å². The molecule has 1 fully saturated rings. The lowest BCUT2D eigenvalue weighted by molar-refractivity contribution is 0.0923. The van der Waals surface area contributed by atoms with Crippen LogP contribution in [0.3, 0.4) is 0 Å². The minimum Gasteiger partial charge on any atom is -0.293 e. The van der Waals surface area contributed by atoms with E-state index in [4.69, 9.17) is 4.98 Å². The molecule has 5 rings (SSSR count). The fourth-order valence-corrected chi connectivity index (χ4v) is 4.28. The van der Waals surface area contributed by atoms with E-state index in [9.17, 15) is 4.79 Å². The predicted octanol–water partition coefficient (Wildman–Crippen LogP) is 2.83. The van der Waals surface area contributed by atoms with Crippen LogP contribution < -0.4 is 5.56 Å². The fourth-order valence-electron chi connectivity index (χ4n) is 4.28. The molecule has 0 bridgehead atoms. The number of fused-ring (bicyclic) bond motifs is 3. The molecule has 0 amide bonds. The smallest absolute Gasteiger partial charge is 0.261 e. The SMILES string of the molecule is CC12CCCN1Cc1nc3cc(-c4ccccn4)ccc3c(=O)n1C2. The summed E-state index contributed by atoms with van der Waals surface area (Å²) < 4.78 is 1.89. The molecule has 0 saturated carbocycles. The van der Waals surface area contributed by atoms with Crippen molar-refractivity contribution in [3.63, 3.8) is 0 Å². The van der Waals surface area contributed by atoms with Gasteiger partial charge in [0.1, 0.15) is 5.82 Å². The summed E-state index contributed by atoms with van der Waals surface area (Å²) in [5.41, 5.74) is 2.84. The molecule has 1 aromatic carbocycles. The second-order valence-electron chi connectivity index (χ2n) is 7.39. The maximum absolute atomic E-state index is 13.0. The van der Waals surface area contributed by atoms with Gasteiger partial charge in [-0.05, 0) is 50.6 Å². The Morgan fingerprint density at radius 3 is 2.96 bits per heavy atom. The molecule has 0 radical (unpaired) electrons. The Labute approximate surface area is 146 Å². The van der Waals surface area contributed by atoms with E-state index in [1.165, 1.54) is 6.42 Å². The van der Waals surface area contributed by atoms with Gasteiger partial charge in [0, 0.05) is 23.8 Å². The first kappa shape index (κ1) is 14.8. The average molecular weight is 332 g/mol. The van der Waals surface area contributed by atoms with Crippen molar-refractivity contribution in [1.29, 1.82) is 0 Å². The number of hydrogen-bond acceptors (Lipinski definition) is 4. The molecule has 5 heteroatoms. The van der Waals surface area contributed by atoms with Gasteiger partial charge in [0.15, 0.2) is 0 Å². The number of rotatable bonds is 1. The maximum atomic E-state index is 13.0. The van der Waals surface area contributed by atoms with Crippen LogP contribution in [0.4, 0.5) is 0 Å². The lowest BCUT2D eigenvalue weighted by Crippen LogP contribution is -2.51. The Bertz CT molecular complexity index is 1030. The highest BCUT2D eigenvalue weighted by Gasteiger charge is 2.41. The van der Waals surface area contributed by atoms with Crippen LogP contribution in [-0.4, -0.2) is 31.5 Å². The van der Waals surface area contributed by atoms with Crippen LogP contribution >= 0.6 is 0 Å². The molecule has 3 aromatic rings. The predicted molar refractivity (Wildman–Crippen MR) is 97.3 cm³/mol. The Hall–Kier alpha value is -2.53. The van der Waals surface area contributed by atoms with Crippen LogP contribution in [0, 0.1) is 0 Å². The number of nitrogens with zero attached hydrogens (tertiary/aromatic N) is 4. The molecule has 126 valence electrons. The normalized spacial score (nSPS) is 22.8. The van der Waals surface area contributed by atoms with Gasteiger partial charge < -0.3 is 0 Å². The minimum absolute atomic E-state index is 0.0837. The molecular formula is C20H20N4O. The molecule has 0 spiro atoms. The van der Waals surface area contributed by atoms with Crippen LogP contribution in [0.1, 0.15) is 25.6 Å². The summed E-state index contributed by atoms with van der Waals surface area (Å²) >= 11 is 0. The Morgan fingerprint density at radius 1 is 1.20 bits per heavy atom. The molecule has 4 heterocycles. The fraction of sp³-hybridized carbons (Fsp3) is 0.350. The standard InChI is InChI=1S/C20H20N4O/c1-20-8-4-10-23(20)12-18-22-17-11-14(16-5-2-3-9-21-16)6-7-15(17)19(25)24(18)13-20/h2-3,5-7,9,11H,4,8,10,12-13H2,1H3. The zero-order valence-electron chi connectivity index (χ0n) is 14.3. The molecule has 25 heavy (non-hydrogen) atoms. The first-order valence-electron chi connectivity index (χ1n) is 8.84. The van der Waals surface area contributed by atoms with Crippen molar-refractivity contribution in [2.24, 2.45) is 0 Å². The molecule has 5 nitrogen and oxygen atoms in total. The molecule has 0 N–H and O–H groups in total. The molecule has 0 aliphatic carbocycles. The first-order valence-corrected chi connectivity index (χ1v) is 8.84. The highest BCUT2D eigenvalue weighted by Crippen LogP contribution is 2.35. The zero-order chi connectivity index (χ0) is 17.0. The van der Waals surface area contributed by atoms with E-state index in [1.807, 2.05) is 41.0 Å². The summed E-state index contributed by atoms with van der Waals surface area (Å²) in [5, 5.41) is 0.693. The summed E-state index contributed by atoms with van der Waals surface area (Å²) in [7, 11) is 0. The lowest BCUT2D eigenvalue weighted by Gasteiger charge is -2.40. The van der Waals surface area contributed by atoms with Gasteiger partial charge in [-0.2, -0.15) is 0 Å². The Kier molecular flexibility index (Phi) is 3.09. The molecule has 2 aliphatic rings. The van der Waals surface area contributed by atoms with Gasteiger partial charge in [0.2, 0.25) is 0 Å². The van der Waals surface area contributed by atoms with Gasteiger partial charge in [-0.1, -0.05) is 12.1 Å². The van der Waals surface area contributed by atoms with E-state index < -0.39 is 0 Å². The zero-order valence-corrected chi connectivity index (χ0v) is 14.3. The largest absolute Gasteiger partial charge is 0.293 e. The second-order valence-corrected chi connectivity index (χ2v) is 7.39. The van der Waals surface area contributed by atoms with Crippen molar-refractivity contribution in [2.75, 3.05) is 6.54 Å². The lowest BCUT2D eigenvalue weighted by atomic mass is 9.96. The highest BCUT2D eigenvalue weighted by atomic mass is 16.1. The number of pyridine rings is 1. The topological polar surface area (TPSA) is 51.0 Å². The van der Waals surface area contributed by atoms with Crippen molar-refractivity contribution in [1.82, 2.24) is 19.4 Å². The third kappa shape index (κ3) is 2.23. The summed E-state index contributed by atoms with van der Waals surface area (Å²) in [4.78, 5) is 24.8. The van der Waals surface area contributed by atoms with E-state index in [0.717, 1.165) is 48.7 Å². The maximum Gasteiger partial charge on any atom is 0.261 e. The van der Waals surface area contributed by atoms with Crippen LogP contribution in [-0.2, 0) is 13.1 Å². The number of aromatic nitrogens is 3. The van der Waals surface area contributed by atoms with E-state index in [0.29, 0.717) is 5.39 Å². The summed E-state index contributed by atoms with van der Waals surface area (Å²) in [5.74, 6) is 0.884. The number of benzene rings is 1. The molecule has 1 atom stereocenters. The molecule has 1 unspecified atom stereocenters. The Balaban J connectivity index is 1.67. The van der Waals surface area contributed by atoms with Crippen LogP contribution in [0.5, 0.6) is 0 Å². The molecular weight excluding hydrogens is 312 g/mol. The first-order chi connectivity index (χ1) is 12.1. The van der Waals surface area contributed by atoms with Crippen LogP contribution in [0.15, 0.2) is 47.4 Å². The summed E-state index contributed by atoms with van der Waals surface area (Å²) in [6, 6.07) is 11.7. The Morgan fingerprint density at radius 2 is 2.12 bits per heavy atom. The van der Waals surface area contributed by atoms with Gasteiger partial charge in [-0.25, -0.2) is 4.98 Å². The molecule has 1 saturated heterocycles. The van der Waals surface area contributed by atoms with Gasteiger partial charge in [0.05, 0.1) is 23.1 Å². The van der Waals surface area contributed by atoms with Crippen molar-refractivity contribution in [3.05, 3.63) is 58.8 Å². The van der Waals surface area contributed by atoms with Crippen LogP contribution in [0.2, 0.25) is 0 Å². The van der Waals surface area contributed by atoms with E-state index >= 15 is 0 Å². The minimum atomic E-state index is 0.0837. The highest BCUT2D eigenvalue weighted by molar-refractivity contribution is 5.83. The van der Waals surface area contributed by atoms with E-state index in [-0.39, 0.29) is 11.1 Å². The summed E-state index contributed by atoms with van der Waals surface area (Å²) in [6.45, 7) is 4.86. The second kappa shape index (κ2) is 5.23. The monoisotopic (exact) mass is 332 g/mol. The van der Waals surface area contributed by atoms with Crippen LogP contribution in [0.25, 0.3) is 22.2 Å². The number of hydrogen-bond donors (Lipinski definition) is 0. The van der Waals surface area contributed by atoms with Gasteiger partial charge in [-0.15, -0.1) is 0 Å². The van der Waals surface area contributed by atoms with E-state index in [1.54, 1.807) is 6.20 Å². The van der Waals surface area contributed by atoms with Gasteiger partial charge in [-0.3, -0.25) is 19.2 Å². The summed E-state index contributed by atoms with van der Waals surface area (Å²) in [6.07, 6.45) is 4.13. The van der Waals surface area contributed by atoms with Crippen molar-refractivity contribution < 1.29 is 0 Å². The molecule has 2 aromatic heterocycles. The van der Waals surface area contributed by atoms with Gasteiger partial charge in [0.25, 0.3) is 5.56 Å². The molecule has 2 aliphatic heterocycles. The third-order valence-corrected chi connectivity index (χ3v) is 5.73.